The van der Waals surface area contributed by atoms with Gasteiger partial charge in [0.25, 0.3) is 5.56 Å². The van der Waals surface area contributed by atoms with Crippen LogP contribution in [0.25, 0.3) is 28.0 Å². The predicted molar refractivity (Wildman–Crippen MR) is 122 cm³/mol. The summed E-state index contributed by atoms with van der Waals surface area (Å²) in [5.74, 6) is 0. The van der Waals surface area contributed by atoms with Crippen LogP contribution in [0.4, 0.5) is 13.2 Å². The SMILES string of the molecule is C[C@@H](c1ccccn1)n1ccc(-n2nc(-c3ccc(C(F)(F)F)cc3)c3cccnc32)cc1=O. The molecule has 34 heavy (non-hydrogen) atoms. The minimum absolute atomic E-state index is 0.244. The third-order valence-electron chi connectivity index (χ3n) is 5.64. The zero-order valence-electron chi connectivity index (χ0n) is 17.9. The maximum Gasteiger partial charge on any atom is 0.416 e. The first kappa shape index (κ1) is 21.6. The topological polar surface area (TPSA) is 65.6 Å². The molecule has 0 aliphatic carbocycles. The molecular weight excluding hydrogens is 443 g/mol. The third-order valence-corrected chi connectivity index (χ3v) is 5.64. The minimum Gasteiger partial charge on any atom is -0.307 e. The Hall–Kier alpha value is -4.27. The monoisotopic (exact) mass is 461 g/mol. The predicted octanol–water partition coefficient (Wildman–Crippen LogP) is 5.27. The van der Waals surface area contributed by atoms with Crippen LogP contribution in [0, 0.1) is 0 Å². The summed E-state index contributed by atoms with van der Waals surface area (Å²) in [7, 11) is 0. The van der Waals surface area contributed by atoms with Gasteiger partial charge in [0.15, 0.2) is 5.65 Å². The maximum atomic E-state index is 13.0. The number of hydrogen-bond donors (Lipinski definition) is 0. The molecule has 0 radical (unpaired) electrons. The second-order valence-electron chi connectivity index (χ2n) is 7.77. The average Bonchev–Trinajstić information content (AvgIpc) is 3.23. The van der Waals surface area contributed by atoms with E-state index in [2.05, 4.69) is 15.1 Å². The Labute approximate surface area is 192 Å². The quantitative estimate of drug-likeness (QED) is 0.366. The standard InChI is InChI=1S/C25H18F3N5O/c1-16(21-6-2-3-12-29-21)32-14-11-19(15-22(32)34)33-24-20(5-4-13-30-24)23(31-33)17-7-9-18(10-8-17)25(26,27)28/h2-16H,1H3/t16-/m0/s1. The number of pyridine rings is 3. The molecular formula is C25H18F3N5O. The van der Waals surface area contributed by atoms with Crippen molar-refractivity contribution in [3.8, 4) is 16.9 Å². The molecule has 4 aromatic heterocycles. The molecule has 170 valence electrons. The highest BCUT2D eigenvalue weighted by Gasteiger charge is 2.30. The van der Waals surface area contributed by atoms with Crippen molar-refractivity contribution in [2.75, 3.05) is 0 Å². The highest BCUT2D eigenvalue weighted by Crippen LogP contribution is 2.33. The molecule has 0 bridgehead atoms. The van der Waals surface area contributed by atoms with Gasteiger partial charge in [-0.3, -0.25) is 9.78 Å². The zero-order valence-corrected chi connectivity index (χ0v) is 17.9. The minimum atomic E-state index is -4.42. The van der Waals surface area contributed by atoms with Gasteiger partial charge in [-0.05, 0) is 49.4 Å². The molecule has 0 amide bonds. The molecule has 6 nitrogen and oxygen atoms in total. The fraction of sp³-hybridized carbons (Fsp3) is 0.120. The lowest BCUT2D eigenvalue weighted by Crippen LogP contribution is -2.24. The lowest BCUT2D eigenvalue weighted by atomic mass is 10.1. The number of benzene rings is 1. The van der Waals surface area contributed by atoms with Crippen molar-refractivity contribution >= 4 is 11.0 Å². The van der Waals surface area contributed by atoms with E-state index < -0.39 is 11.7 Å². The Kier molecular flexibility index (Phi) is 5.24. The molecule has 0 fully saturated rings. The number of rotatable bonds is 4. The van der Waals surface area contributed by atoms with Gasteiger partial charge in [0.05, 0.1) is 23.0 Å². The summed E-state index contributed by atoms with van der Waals surface area (Å²) < 4.78 is 42.0. The smallest absolute Gasteiger partial charge is 0.307 e. The van der Waals surface area contributed by atoms with E-state index in [0.717, 1.165) is 17.8 Å². The van der Waals surface area contributed by atoms with Gasteiger partial charge in [0, 0.05) is 35.6 Å². The number of aromatic nitrogens is 5. The molecule has 5 aromatic rings. The number of hydrogen-bond acceptors (Lipinski definition) is 4. The van der Waals surface area contributed by atoms with Crippen molar-refractivity contribution < 1.29 is 13.2 Å². The van der Waals surface area contributed by atoms with E-state index in [4.69, 9.17) is 0 Å². The Morgan fingerprint density at radius 2 is 1.68 bits per heavy atom. The number of alkyl halides is 3. The molecule has 0 spiro atoms. The van der Waals surface area contributed by atoms with Gasteiger partial charge in [0.2, 0.25) is 0 Å². The first-order chi connectivity index (χ1) is 16.3. The van der Waals surface area contributed by atoms with Gasteiger partial charge >= 0.3 is 6.18 Å². The molecule has 0 aliphatic heterocycles. The summed E-state index contributed by atoms with van der Waals surface area (Å²) in [6, 6.07) is 16.8. The van der Waals surface area contributed by atoms with Crippen LogP contribution in [0.2, 0.25) is 0 Å². The van der Waals surface area contributed by atoms with Crippen molar-refractivity contribution in [2.45, 2.75) is 19.1 Å². The Morgan fingerprint density at radius 1 is 0.912 bits per heavy atom. The normalized spacial score (nSPS) is 12.7. The highest BCUT2D eigenvalue weighted by atomic mass is 19.4. The Balaban J connectivity index is 1.58. The van der Waals surface area contributed by atoms with E-state index in [0.29, 0.717) is 28.0 Å². The van der Waals surface area contributed by atoms with Crippen LogP contribution in [0.1, 0.15) is 24.2 Å². The molecule has 0 aliphatic rings. The lowest BCUT2D eigenvalue weighted by molar-refractivity contribution is -0.137. The van der Waals surface area contributed by atoms with Crippen LogP contribution in [-0.2, 0) is 6.18 Å². The van der Waals surface area contributed by atoms with Crippen LogP contribution in [0.15, 0.2) is 90.1 Å². The Morgan fingerprint density at radius 3 is 2.35 bits per heavy atom. The van der Waals surface area contributed by atoms with Gasteiger partial charge in [-0.25, -0.2) is 9.67 Å². The van der Waals surface area contributed by atoms with Crippen molar-refractivity contribution in [2.24, 2.45) is 0 Å². The van der Waals surface area contributed by atoms with Crippen LogP contribution in [-0.4, -0.2) is 24.3 Å². The second-order valence-corrected chi connectivity index (χ2v) is 7.77. The first-order valence-corrected chi connectivity index (χ1v) is 10.5. The van der Waals surface area contributed by atoms with E-state index in [-0.39, 0.29) is 11.6 Å². The highest BCUT2D eigenvalue weighted by molar-refractivity contribution is 5.92. The van der Waals surface area contributed by atoms with Gasteiger partial charge < -0.3 is 4.57 Å². The number of nitrogens with zero attached hydrogens (tertiary/aromatic N) is 5. The lowest BCUT2D eigenvalue weighted by Gasteiger charge is -2.15. The third kappa shape index (κ3) is 3.85. The molecule has 0 saturated heterocycles. The fourth-order valence-corrected chi connectivity index (χ4v) is 3.86. The van der Waals surface area contributed by atoms with Crippen LogP contribution < -0.4 is 5.56 Å². The van der Waals surface area contributed by atoms with Gasteiger partial charge in [-0.2, -0.15) is 18.3 Å². The summed E-state index contributed by atoms with van der Waals surface area (Å²) in [5.41, 5.74) is 1.76. The van der Waals surface area contributed by atoms with Crippen LogP contribution >= 0.6 is 0 Å². The van der Waals surface area contributed by atoms with E-state index in [9.17, 15) is 18.0 Å². The second kappa shape index (κ2) is 8.26. The summed E-state index contributed by atoms with van der Waals surface area (Å²) in [5, 5.41) is 5.27. The fourth-order valence-electron chi connectivity index (χ4n) is 3.86. The van der Waals surface area contributed by atoms with E-state index >= 15 is 0 Å². The van der Waals surface area contributed by atoms with Crippen molar-refractivity contribution in [3.05, 3.63) is 107 Å². The first-order valence-electron chi connectivity index (χ1n) is 10.5. The zero-order chi connectivity index (χ0) is 23.9. The van der Waals surface area contributed by atoms with Gasteiger partial charge in [-0.1, -0.05) is 18.2 Å². The summed E-state index contributed by atoms with van der Waals surface area (Å²) >= 11 is 0. The summed E-state index contributed by atoms with van der Waals surface area (Å²) in [6.45, 7) is 1.89. The van der Waals surface area contributed by atoms with Gasteiger partial charge in [-0.15, -0.1) is 0 Å². The number of halogens is 3. The molecule has 1 aromatic carbocycles. The maximum absolute atomic E-state index is 13.0. The van der Waals surface area contributed by atoms with E-state index in [1.807, 2.05) is 25.1 Å². The largest absolute Gasteiger partial charge is 0.416 e. The summed E-state index contributed by atoms with van der Waals surface area (Å²) in [4.78, 5) is 21.7. The molecule has 5 rings (SSSR count). The molecule has 0 N–H and O–H groups in total. The van der Waals surface area contributed by atoms with Gasteiger partial charge in [0.1, 0.15) is 5.69 Å². The molecule has 0 unspecified atom stereocenters. The van der Waals surface area contributed by atoms with Crippen molar-refractivity contribution in [1.29, 1.82) is 0 Å². The number of fused-ring (bicyclic) bond motifs is 1. The molecule has 4 heterocycles. The Bertz CT molecular complexity index is 1520. The molecule has 1 atom stereocenters. The average molecular weight is 461 g/mol. The van der Waals surface area contributed by atoms with Crippen molar-refractivity contribution in [1.82, 2.24) is 24.3 Å². The molecule has 0 saturated carbocycles. The van der Waals surface area contributed by atoms with Crippen LogP contribution in [0.5, 0.6) is 0 Å². The van der Waals surface area contributed by atoms with Crippen molar-refractivity contribution in [3.63, 3.8) is 0 Å². The summed E-state index contributed by atoms with van der Waals surface area (Å²) in [6.07, 6.45) is 0.528. The molecule has 9 heteroatoms. The van der Waals surface area contributed by atoms with Crippen LogP contribution in [0.3, 0.4) is 0 Å². The van der Waals surface area contributed by atoms with E-state index in [1.165, 1.54) is 22.9 Å². The van der Waals surface area contributed by atoms with E-state index in [1.54, 1.807) is 41.4 Å².